The van der Waals surface area contributed by atoms with Crippen LogP contribution in [0.3, 0.4) is 0 Å². The van der Waals surface area contributed by atoms with Crippen molar-refractivity contribution in [1.29, 1.82) is 5.26 Å². The Kier molecular flexibility index (Phi) is 5.44. The summed E-state index contributed by atoms with van der Waals surface area (Å²) >= 11 is 0. The van der Waals surface area contributed by atoms with Crippen molar-refractivity contribution in [3.63, 3.8) is 0 Å². The molecule has 6 nitrogen and oxygen atoms in total. The third kappa shape index (κ3) is 3.87. The van der Waals surface area contributed by atoms with E-state index in [2.05, 4.69) is 27.7 Å². The van der Waals surface area contributed by atoms with Crippen LogP contribution in [0.2, 0.25) is 0 Å². The Morgan fingerprint density at radius 2 is 2.12 bits per heavy atom. The number of carbonyl (C=O) groups is 1. The minimum Gasteiger partial charge on any atom is -0.339 e. The van der Waals surface area contributed by atoms with E-state index in [-0.39, 0.29) is 5.91 Å². The van der Waals surface area contributed by atoms with Crippen LogP contribution in [0.4, 0.5) is 0 Å². The van der Waals surface area contributed by atoms with E-state index in [1.807, 2.05) is 17.2 Å². The maximum atomic E-state index is 12.6. The summed E-state index contributed by atoms with van der Waals surface area (Å²) in [5.41, 5.74) is 0.871. The van der Waals surface area contributed by atoms with Gasteiger partial charge in [-0.3, -0.25) is 4.79 Å². The fourth-order valence-electron chi connectivity index (χ4n) is 3.31. The maximum Gasteiger partial charge on any atom is 0.255 e. The molecular formula is C19H23N5O. The number of piperidine rings is 1. The zero-order chi connectivity index (χ0) is 17.6. The molecule has 2 aromatic rings. The first kappa shape index (κ1) is 17.2. The average molecular weight is 337 g/mol. The van der Waals surface area contributed by atoms with Gasteiger partial charge in [0.25, 0.3) is 5.91 Å². The van der Waals surface area contributed by atoms with E-state index in [0.717, 1.165) is 44.7 Å². The Bertz CT molecular complexity index is 751. The standard InChI is InChI=1S/C19H23N5O/c1-2-3-9-23-12-8-21-18(23)15-6-10-24(11-7-15)19(25)16-4-5-17(13-20)22-14-16/h4-5,8,12,14-15H,2-3,6-7,9-11H2,1H3. The molecule has 1 saturated heterocycles. The number of likely N-dealkylation sites (tertiary alicyclic amines) is 1. The van der Waals surface area contributed by atoms with Crippen LogP contribution in [-0.4, -0.2) is 38.4 Å². The highest BCUT2D eigenvalue weighted by Gasteiger charge is 2.27. The van der Waals surface area contributed by atoms with E-state index in [9.17, 15) is 4.79 Å². The van der Waals surface area contributed by atoms with Gasteiger partial charge in [0.05, 0.1) is 5.56 Å². The monoisotopic (exact) mass is 337 g/mol. The lowest BCUT2D eigenvalue weighted by Crippen LogP contribution is -2.38. The molecule has 0 aliphatic carbocycles. The van der Waals surface area contributed by atoms with Gasteiger partial charge >= 0.3 is 0 Å². The van der Waals surface area contributed by atoms with Crippen molar-refractivity contribution in [1.82, 2.24) is 19.4 Å². The van der Waals surface area contributed by atoms with Gasteiger partial charge in [-0.2, -0.15) is 5.26 Å². The molecule has 130 valence electrons. The van der Waals surface area contributed by atoms with E-state index in [0.29, 0.717) is 17.2 Å². The molecule has 2 aromatic heterocycles. The van der Waals surface area contributed by atoms with Crippen molar-refractivity contribution in [3.05, 3.63) is 47.8 Å². The maximum absolute atomic E-state index is 12.6. The van der Waals surface area contributed by atoms with Crippen molar-refractivity contribution < 1.29 is 4.79 Å². The summed E-state index contributed by atoms with van der Waals surface area (Å²) in [6, 6.07) is 5.23. The topological polar surface area (TPSA) is 74.8 Å². The van der Waals surface area contributed by atoms with E-state index >= 15 is 0 Å². The highest BCUT2D eigenvalue weighted by Crippen LogP contribution is 2.27. The highest BCUT2D eigenvalue weighted by molar-refractivity contribution is 5.94. The molecule has 0 atom stereocenters. The fourth-order valence-corrected chi connectivity index (χ4v) is 3.31. The quantitative estimate of drug-likeness (QED) is 0.840. The van der Waals surface area contributed by atoms with E-state index in [4.69, 9.17) is 5.26 Å². The number of rotatable bonds is 5. The lowest BCUT2D eigenvalue weighted by atomic mass is 9.95. The zero-order valence-corrected chi connectivity index (χ0v) is 14.6. The van der Waals surface area contributed by atoms with Gasteiger partial charge in [-0.05, 0) is 31.4 Å². The Morgan fingerprint density at radius 1 is 1.32 bits per heavy atom. The molecule has 0 saturated carbocycles. The number of hydrogen-bond donors (Lipinski definition) is 0. The fraction of sp³-hybridized carbons (Fsp3) is 0.474. The van der Waals surface area contributed by atoms with Crippen molar-refractivity contribution >= 4 is 5.91 Å². The lowest BCUT2D eigenvalue weighted by Gasteiger charge is -2.32. The number of nitrogens with zero attached hydrogens (tertiary/aromatic N) is 5. The number of imidazole rings is 1. The first-order valence-electron chi connectivity index (χ1n) is 8.89. The van der Waals surface area contributed by atoms with Gasteiger partial charge in [-0.1, -0.05) is 13.3 Å². The first-order valence-corrected chi connectivity index (χ1v) is 8.89. The molecule has 0 aromatic carbocycles. The molecule has 0 unspecified atom stereocenters. The third-order valence-corrected chi connectivity index (χ3v) is 4.77. The average Bonchev–Trinajstić information content (AvgIpc) is 3.14. The number of hydrogen-bond acceptors (Lipinski definition) is 4. The molecule has 0 spiro atoms. The normalized spacial score (nSPS) is 15.1. The Hall–Kier alpha value is -2.68. The van der Waals surface area contributed by atoms with Crippen LogP contribution in [0, 0.1) is 11.3 Å². The van der Waals surface area contributed by atoms with Crippen LogP contribution < -0.4 is 0 Å². The second kappa shape index (κ2) is 7.93. The Balaban J connectivity index is 1.60. The minimum atomic E-state index is -0.00948. The van der Waals surface area contributed by atoms with Crippen LogP contribution in [0.1, 0.15) is 60.4 Å². The largest absolute Gasteiger partial charge is 0.339 e. The second-order valence-electron chi connectivity index (χ2n) is 6.44. The second-order valence-corrected chi connectivity index (χ2v) is 6.44. The van der Waals surface area contributed by atoms with Crippen LogP contribution in [-0.2, 0) is 6.54 Å². The number of aromatic nitrogens is 3. The number of aryl methyl sites for hydroxylation is 1. The SMILES string of the molecule is CCCCn1ccnc1C1CCN(C(=O)c2ccc(C#N)nc2)CC1. The third-order valence-electron chi connectivity index (χ3n) is 4.77. The van der Waals surface area contributed by atoms with Crippen LogP contribution >= 0.6 is 0 Å². The van der Waals surface area contributed by atoms with Crippen molar-refractivity contribution in [2.75, 3.05) is 13.1 Å². The minimum absolute atomic E-state index is 0.00948. The van der Waals surface area contributed by atoms with E-state index in [1.165, 1.54) is 12.6 Å². The van der Waals surface area contributed by atoms with Gasteiger partial charge < -0.3 is 9.47 Å². The predicted molar refractivity (Wildman–Crippen MR) is 94.0 cm³/mol. The van der Waals surface area contributed by atoms with E-state index < -0.39 is 0 Å². The number of carbonyl (C=O) groups excluding carboxylic acids is 1. The first-order chi connectivity index (χ1) is 12.2. The molecule has 6 heteroatoms. The molecule has 0 radical (unpaired) electrons. The molecular weight excluding hydrogens is 314 g/mol. The Morgan fingerprint density at radius 3 is 2.76 bits per heavy atom. The number of nitriles is 1. The number of amides is 1. The van der Waals surface area contributed by atoms with Crippen LogP contribution in [0.25, 0.3) is 0 Å². The molecule has 3 rings (SSSR count). The molecule has 0 bridgehead atoms. The molecule has 3 heterocycles. The zero-order valence-electron chi connectivity index (χ0n) is 14.6. The summed E-state index contributed by atoms with van der Waals surface area (Å²) in [6.45, 7) is 4.66. The predicted octanol–water partition coefficient (Wildman–Crippen LogP) is 2.97. The van der Waals surface area contributed by atoms with Gasteiger partial charge in [0.1, 0.15) is 17.6 Å². The summed E-state index contributed by atoms with van der Waals surface area (Å²) in [5, 5.41) is 8.80. The summed E-state index contributed by atoms with van der Waals surface area (Å²) in [6.07, 6.45) is 9.62. The molecule has 1 amide bonds. The summed E-state index contributed by atoms with van der Waals surface area (Å²) in [4.78, 5) is 23.0. The van der Waals surface area contributed by atoms with Crippen LogP contribution in [0.15, 0.2) is 30.7 Å². The molecule has 1 fully saturated rings. The molecule has 1 aliphatic rings. The summed E-state index contributed by atoms with van der Waals surface area (Å²) in [7, 11) is 0. The summed E-state index contributed by atoms with van der Waals surface area (Å²) < 4.78 is 2.26. The molecule has 0 N–H and O–H groups in total. The lowest BCUT2D eigenvalue weighted by molar-refractivity contribution is 0.0710. The van der Waals surface area contributed by atoms with Gasteiger partial charge in [-0.15, -0.1) is 0 Å². The smallest absolute Gasteiger partial charge is 0.255 e. The Labute approximate surface area is 148 Å². The number of unbranched alkanes of at least 4 members (excludes halogenated alkanes) is 1. The van der Waals surface area contributed by atoms with Crippen molar-refractivity contribution in [2.24, 2.45) is 0 Å². The van der Waals surface area contributed by atoms with E-state index in [1.54, 1.807) is 12.1 Å². The van der Waals surface area contributed by atoms with Crippen LogP contribution in [0.5, 0.6) is 0 Å². The summed E-state index contributed by atoms with van der Waals surface area (Å²) in [5.74, 6) is 1.56. The van der Waals surface area contributed by atoms with Crippen molar-refractivity contribution in [2.45, 2.75) is 45.1 Å². The highest BCUT2D eigenvalue weighted by atomic mass is 16.2. The van der Waals surface area contributed by atoms with Gasteiger partial charge in [0.15, 0.2) is 0 Å². The number of pyridine rings is 1. The van der Waals surface area contributed by atoms with Gasteiger partial charge in [0, 0.05) is 44.1 Å². The molecule has 25 heavy (non-hydrogen) atoms. The van der Waals surface area contributed by atoms with Crippen molar-refractivity contribution in [3.8, 4) is 6.07 Å². The molecule has 1 aliphatic heterocycles. The van der Waals surface area contributed by atoms with Gasteiger partial charge in [0.2, 0.25) is 0 Å². The van der Waals surface area contributed by atoms with Gasteiger partial charge in [-0.25, -0.2) is 9.97 Å².